The predicted octanol–water partition coefficient (Wildman–Crippen LogP) is 3.02. The zero-order valence-electron chi connectivity index (χ0n) is 14.0. The largest absolute Gasteiger partial charge is 0.384 e. The maximum absolute atomic E-state index is 5.29. The molecule has 1 unspecified atom stereocenters. The summed E-state index contributed by atoms with van der Waals surface area (Å²) in [4.78, 5) is 6.85. The lowest BCUT2D eigenvalue weighted by molar-refractivity contribution is 0.157. The minimum atomic E-state index is 0.266. The normalized spacial score (nSPS) is 23.2. The third-order valence-electron chi connectivity index (χ3n) is 5.08. The molecule has 126 valence electrons. The van der Waals surface area contributed by atoms with Gasteiger partial charge in [0, 0.05) is 49.6 Å². The summed E-state index contributed by atoms with van der Waals surface area (Å²) >= 11 is 3.71. The van der Waals surface area contributed by atoms with E-state index in [1.54, 1.807) is 7.11 Å². The Labute approximate surface area is 147 Å². The molecule has 1 aliphatic heterocycles. The molecule has 5 heteroatoms. The van der Waals surface area contributed by atoms with Gasteiger partial charge in [-0.3, -0.25) is 4.99 Å². The highest BCUT2D eigenvalue weighted by molar-refractivity contribution is 9.10. The van der Waals surface area contributed by atoms with Gasteiger partial charge in [0.2, 0.25) is 0 Å². The molecule has 0 spiro atoms. The minimum Gasteiger partial charge on any atom is -0.384 e. The Morgan fingerprint density at radius 1 is 1.43 bits per heavy atom. The van der Waals surface area contributed by atoms with Crippen LogP contribution in [-0.2, 0) is 10.2 Å². The average Bonchev–Trinajstić information content (AvgIpc) is 3.20. The summed E-state index contributed by atoms with van der Waals surface area (Å²) in [5.74, 6) is 1.65. The molecule has 1 saturated heterocycles. The van der Waals surface area contributed by atoms with E-state index in [1.807, 2.05) is 7.05 Å². The van der Waals surface area contributed by atoms with Crippen LogP contribution in [0.3, 0.4) is 0 Å². The molecule has 3 rings (SSSR count). The first-order valence-corrected chi connectivity index (χ1v) is 9.17. The van der Waals surface area contributed by atoms with Gasteiger partial charge in [0.15, 0.2) is 5.96 Å². The fourth-order valence-corrected chi connectivity index (χ4v) is 4.27. The van der Waals surface area contributed by atoms with Gasteiger partial charge in [-0.1, -0.05) is 34.1 Å². The quantitative estimate of drug-likeness (QED) is 0.630. The summed E-state index contributed by atoms with van der Waals surface area (Å²) in [6.45, 7) is 3.90. The number of hydrogen-bond acceptors (Lipinski definition) is 2. The van der Waals surface area contributed by atoms with E-state index in [4.69, 9.17) is 4.74 Å². The summed E-state index contributed by atoms with van der Waals surface area (Å²) in [7, 11) is 3.66. The zero-order valence-corrected chi connectivity index (χ0v) is 15.6. The van der Waals surface area contributed by atoms with E-state index >= 15 is 0 Å². The molecule has 1 saturated carbocycles. The van der Waals surface area contributed by atoms with Crippen molar-refractivity contribution in [3.05, 3.63) is 34.3 Å². The van der Waals surface area contributed by atoms with Crippen molar-refractivity contribution in [1.29, 1.82) is 0 Å². The van der Waals surface area contributed by atoms with Crippen LogP contribution in [0.15, 0.2) is 33.7 Å². The molecule has 0 radical (unpaired) electrons. The number of methoxy groups -OCH3 is 1. The average molecular weight is 380 g/mol. The summed E-state index contributed by atoms with van der Waals surface area (Å²) in [6, 6.07) is 8.59. The van der Waals surface area contributed by atoms with Crippen molar-refractivity contribution >= 4 is 21.9 Å². The Balaban J connectivity index is 1.60. The molecular weight excluding hydrogens is 354 g/mol. The maximum Gasteiger partial charge on any atom is 0.193 e. The first kappa shape index (κ1) is 16.8. The van der Waals surface area contributed by atoms with Crippen LogP contribution in [0.5, 0.6) is 0 Å². The fourth-order valence-electron chi connectivity index (χ4n) is 3.56. The first-order chi connectivity index (χ1) is 11.2. The van der Waals surface area contributed by atoms with E-state index in [2.05, 4.69) is 55.4 Å². The van der Waals surface area contributed by atoms with Crippen molar-refractivity contribution in [2.24, 2.45) is 10.9 Å². The predicted molar refractivity (Wildman–Crippen MR) is 98.0 cm³/mol. The Morgan fingerprint density at radius 3 is 2.87 bits per heavy atom. The lowest BCUT2D eigenvalue weighted by Crippen LogP contribution is -2.43. The van der Waals surface area contributed by atoms with E-state index in [0.29, 0.717) is 5.92 Å². The monoisotopic (exact) mass is 379 g/mol. The van der Waals surface area contributed by atoms with E-state index in [-0.39, 0.29) is 5.41 Å². The van der Waals surface area contributed by atoms with Crippen LogP contribution < -0.4 is 5.32 Å². The van der Waals surface area contributed by atoms with Crippen molar-refractivity contribution < 1.29 is 4.74 Å². The van der Waals surface area contributed by atoms with Crippen LogP contribution in [0.4, 0.5) is 0 Å². The van der Waals surface area contributed by atoms with Gasteiger partial charge in [0.25, 0.3) is 0 Å². The molecule has 1 aliphatic carbocycles. The standard InChI is InChI=1S/C18H26BrN3O/c1-20-17(22-10-7-14(11-22)12-23-2)21-13-18(8-9-18)15-5-3-4-6-16(15)19/h3-6,14H,7-13H2,1-2H3,(H,20,21). The van der Waals surface area contributed by atoms with E-state index in [9.17, 15) is 0 Å². The summed E-state index contributed by atoms with van der Waals surface area (Å²) in [5.41, 5.74) is 1.68. The third-order valence-corrected chi connectivity index (χ3v) is 5.77. The van der Waals surface area contributed by atoms with Crippen LogP contribution in [-0.4, -0.2) is 51.3 Å². The highest BCUT2D eigenvalue weighted by Gasteiger charge is 2.45. The molecule has 1 heterocycles. The molecule has 4 nitrogen and oxygen atoms in total. The number of guanidine groups is 1. The maximum atomic E-state index is 5.29. The van der Waals surface area contributed by atoms with Gasteiger partial charge in [-0.05, 0) is 30.9 Å². The smallest absolute Gasteiger partial charge is 0.193 e. The van der Waals surface area contributed by atoms with Gasteiger partial charge in [-0.25, -0.2) is 0 Å². The fraction of sp³-hybridized carbons (Fsp3) is 0.611. The number of benzene rings is 1. The molecule has 1 N–H and O–H groups in total. The molecule has 2 fully saturated rings. The second-order valence-corrected chi connectivity index (χ2v) is 7.57. The van der Waals surface area contributed by atoms with Gasteiger partial charge in [-0.2, -0.15) is 0 Å². The van der Waals surface area contributed by atoms with Crippen LogP contribution in [0.1, 0.15) is 24.8 Å². The van der Waals surface area contributed by atoms with Crippen molar-refractivity contribution in [1.82, 2.24) is 10.2 Å². The molecule has 1 aromatic carbocycles. The van der Waals surface area contributed by atoms with Gasteiger partial charge in [0.1, 0.15) is 0 Å². The summed E-state index contributed by atoms with van der Waals surface area (Å²) in [6.07, 6.45) is 3.67. The van der Waals surface area contributed by atoms with Gasteiger partial charge in [0.05, 0.1) is 6.61 Å². The number of nitrogens with one attached hydrogen (secondary N) is 1. The Morgan fingerprint density at radius 2 is 2.22 bits per heavy atom. The number of hydrogen-bond donors (Lipinski definition) is 1. The zero-order chi connectivity index (χ0) is 16.3. The number of nitrogens with zero attached hydrogens (tertiary/aromatic N) is 2. The summed E-state index contributed by atoms with van der Waals surface area (Å²) in [5, 5.41) is 3.62. The lowest BCUT2D eigenvalue weighted by atomic mass is 9.96. The molecule has 23 heavy (non-hydrogen) atoms. The number of rotatable bonds is 5. The highest BCUT2D eigenvalue weighted by atomic mass is 79.9. The van der Waals surface area contributed by atoms with Crippen LogP contribution in [0.2, 0.25) is 0 Å². The number of likely N-dealkylation sites (tertiary alicyclic amines) is 1. The van der Waals surface area contributed by atoms with Crippen molar-refractivity contribution in [2.45, 2.75) is 24.7 Å². The Hall–Kier alpha value is -1.07. The molecule has 0 amide bonds. The Kier molecular flexibility index (Phi) is 5.27. The van der Waals surface area contributed by atoms with Crippen molar-refractivity contribution in [3.8, 4) is 0 Å². The van der Waals surface area contributed by atoms with Crippen LogP contribution in [0.25, 0.3) is 0 Å². The summed E-state index contributed by atoms with van der Waals surface area (Å²) < 4.78 is 6.51. The van der Waals surface area contributed by atoms with E-state index in [1.165, 1.54) is 29.3 Å². The molecule has 1 aromatic rings. The first-order valence-electron chi connectivity index (χ1n) is 8.38. The third kappa shape index (κ3) is 3.72. The lowest BCUT2D eigenvalue weighted by Gasteiger charge is -2.25. The number of aliphatic imine (C=N–C) groups is 1. The van der Waals surface area contributed by atoms with Gasteiger partial charge in [-0.15, -0.1) is 0 Å². The molecule has 0 bridgehead atoms. The van der Waals surface area contributed by atoms with Crippen LogP contribution in [0, 0.1) is 5.92 Å². The molecule has 2 aliphatic rings. The number of ether oxygens (including phenoxy) is 1. The molecular formula is C18H26BrN3O. The second-order valence-electron chi connectivity index (χ2n) is 6.72. The molecule has 1 atom stereocenters. The highest BCUT2D eigenvalue weighted by Crippen LogP contribution is 2.49. The molecule has 0 aromatic heterocycles. The van der Waals surface area contributed by atoms with Crippen molar-refractivity contribution in [2.75, 3.05) is 40.4 Å². The topological polar surface area (TPSA) is 36.9 Å². The minimum absolute atomic E-state index is 0.266. The van der Waals surface area contributed by atoms with Crippen LogP contribution >= 0.6 is 15.9 Å². The Bertz CT molecular complexity index is 571. The SMILES string of the molecule is CN=C(NCC1(c2ccccc2Br)CC1)N1CCC(COC)C1. The second kappa shape index (κ2) is 7.22. The number of halogens is 1. The van der Waals surface area contributed by atoms with Gasteiger partial charge >= 0.3 is 0 Å². The van der Waals surface area contributed by atoms with E-state index < -0.39 is 0 Å². The van der Waals surface area contributed by atoms with Gasteiger partial charge < -0.3 is 15.0 Å². The van der Waals surface area contributed by atoms with E-state index in [0.717, 1.165) is 32.2 Å². The van der Waals surface area contributed by atoms with Crippen molar-refractivity contribution in [3.63, 3.8) is 0 Å².